The van der Waals surface area contributed by atoms with Gasteiger partial charge in [-0.25, -0.2) is 0 Å². The summed E-state index contributed by atoms with van der Waals surface area (Å²) in [5.74, 6) is 2.80. The van der Waals surface area contributed by atoms with Crippen molar-refractivity contribution in [1.29, 1.82) is 0 Å². The molecule has 0 unspecified atom stereocenters. The molecule has 0 aliphatic heterocycles. The first kappa shape index (κ1) is 38.7. The van der Waals surface area contributed by atoms with E-state index in [1.165, 1.54) is 31.8 Å². The minimum atomic E-state index is -3.23. The van der Waals surface area contributed by atoms with Crippen molar-refractivity contribution in [1.82, 2.24) is 0 Å². The zero-order valence-corrected chi connectivity index (χ0v) is 35.3. The first-order chi connectivity index (χ1) is 28.6. The van der Waals surface area contributed by atoms with Gasteiger partial charge in [0.2, 0.25) is 0 Å². The van der Waals surface area contributed by atoms with Gasteiger partial charge in [0.25, 0.3) is 0 Å². The van der Waals surface area contributed by atoms with Crippen molar-refractivity contribution in [3.05, 3.63) is 206 Å². The molecule has 6 heteroatoms. The van der Waals surface area contributed by atoms with Crippen molar-refractivity contribution in [2.24, 2.45) is 0 Å². The summed E-state index contributed by atoms with van der Waals surface area (Å²) in [5, 5.41) is 9.63. The Morgan fingerprint density at radius 3 is 0.690 bits per heavy atom. The summed E-state index contributed by atoms with van der Waals surface area (Å²) >= 11 is 0. The third-order valence-electron chi connectivity index (χ3n) is 11.4. The normalized spacial score (nSPS) is 12.0. The number of hydrogen-bond acceptors (Lipinski definition) is 4. The molecule has 290 valence electrons. The molecule has 0 amide bonds. The molecular formula is C52H48O4P2. The Bertz CT molecular complexity index is 2210. The van der Waals surface area contributed by atoms with Gasteiger partial charge in [-0.05, 0) is 0 Å². The van der Waals surface area contributed by atoms with Gasteiger partial charge < -0.3 is 0 Å². The molecule has 0 atom stereocenters. The van der Waals surface area contributed by atoms with Crippen LogP contribution >= 0.6 is 14.5 Å². The summed E-state index contributed by atoms with van der Waals surface area (Å²) in [4.78, 5) is 0. The molecule has 0 aromatic heterocycles. The van der Waals surface area contributed by atoms with E-state index in [1.807, 2.05) is 12.1 Å². The average molecular weight is 799 g/mol. The standard InChI is InChI=1S/C52H48O4P2/c1-53-39-35-47(55-3)51(49(37-39)57(41-23-11-5-12-24-41,42-25-13-6-14-26-42)43-27-15-7-16-28-43)52-48(56-4)36-40(54-2)38-50(52)58(44-29-17-8-18-30-44,45-31-19-9-20-32-45)46-33-21-10-22-34-46/h5-38,57-58H,1-4H3. The Labute approximate surface area is 343 Å². The van der Waals surface area contributed by atoms with Gasteiger partial charge in [-0.15, -0.1) is 0 Å². The fourth-order valence-corrected chi connectivity index (χ4v) is 18.9. The van der Waals surface area contributed by atoms with E-state index in [-0.39, 0.29) is 0 Å². The molecule has 0 saturated carbocycles. The van der Waals surface area contributed by atoms with Crippen molar-refractivity contribution in [2.75, 3.05) is 28.4 Å². The molecular weight excluding hydrogens is 751 g/mol. The van der Waals surface area contributed by atoms with Crippen molar-refractivity contribution >= 4 is 57.0 Å². The van der Waals surface area contributed by atoms with E-state index in [1.54, 1.807) is 28.4 Å². The van der Waals surface area contributed by atoms with Crippen LogP contribution in [0.5, 0.6) is 23.0 Å². The summed E-state index contributed by atoms with van der Waals surface area (Å²) in [6.45, 7) is 0. The van der Waals surface area contributed by atoms with E-state index >= 15 is 0 Å². The summed E-state index contributed by atoms with van der Waals surface area (Å²) in [6, 6.07) is 74.3. The number of methoxy groups -OCH3 is 4. The summed E-state index contributed by atoms with van der Waals surface area (Å²) in [5.41, 5.74) is 1.92. The van der Waals surface area contributed by atoms with E-state index in [4.69, 9.17) is 18.9 Å². The van der Waals surface area contributed by atoms with Crippen molar-refractivity contribution < 1.29 is 18.9 Å². The van der Waals surface area contributed by atoms with Gasteiger partial charge in [-0.2, -0.15) is 0 Å². The molecule has 8 rings (SSSR count). The van der Waals surface area contributed by atoms with Crippen LogP contribution in [0.1, 0.15) is 0 Å². The van der Waals surface area contributed by atoms with E-state index < -0.39 is 14.5 Å². The first-order valence-corrected chi connectivity index (χ1v) is 23.5. The minimum absolute atomic E-state index is 0.691. The third-order valence-corrected chi connectivity index (χ3v) is 21.0. The molecule has 8 aromatic rings. The summed E-state index contributed by atoms with van der Waals surface area (Å²) in [6.07, 6.45) is 0. The van der Waals surface area contributed by atoms with Crippen LogP contribution < -0.4 is 61.4 Å². The number of hydrogen-bond donors (Lipinski definition) is 0. The Balaban J connectivity index is 1.66. The van der Waals surface area contributed by atoms with Gasteiger partial charge in [-0.1, -0.05) is 0 Å². The van der Waals surface area contributed by atoms with Gasteiger partial charge in [-0.3, -0.25) is 0 Å². The van der Waals surface area contributed by atoms with Crippen LogP contribution in [-0.4, -0.2) is 28.4 Å². The van der Waals surface area contributed by atoms with Crippen LogP contribution in [0.3, 0.4) is 0 Å². The molecule has 0 radical (unpaired) electrons. The van der Waals surface area contributed by atoms with Gasteiger partial charge in [0.1, 0.15) is 0 Å². The Kier molecular flexibility index (Phi) is 11.4. The number of ether oxygens (including phenoxy) is 4. The van der Waals surface area contributed by atoms with Gasteiger partial charge in [0, 0.05) is 0 Å². The second-order valence-corrected chi connectivity index (χ2v) is 21.7. The molecule has 4 nitrogen and oxygen atoms in total. The number of rotatable bonds is 13. The fourth-order valence-electron chi connectivity index (χ4n) is 8.91. The Hall–Kier alpha value is -6.18. The van der Waals surface area contributed by atoms with Crippen LogP contribution in [-0.2, 0) is 0 Å². The van der Waals surface area contributed by atoms with Crippen molar-refractivity contribution in [3.8, 4) is 34.1 Å². The second kappa shape index (κ2) is 17.1. The average Bonchev–Trinajstić information content (AvgIpc) is 3.31. The molecule has 58 heavy (non-hydrogen) atoms. The Morgan fingerprint density at radius 2 is 0.500 bits per heavy atom. The first-order valence-electron chi connectivity index (χ1n) is 19.5. The Morgan fingerprint density at radius 1 is 0.276 bits per heavy atom. The van der Waals surface area contributed by atoms with Gasteiger partial charge in [0.05, 0.1) is 0 Å². The molecule has 0 saturated heterocycles. The van der Waals surface area contributed by atoms with E-state index in [0.717, 1.165) is 21.7 Å². The molecule has 0 fully saturated rings. The summed E-state index contributed by atoms with van der Waals surface area (Å²) in [7, 11) is 0.504. The maximum absolute atomic E-state index is 6.60. The van der Waals surface area contributed by atoms with Crippen LogP contribution in [0, 0.1) is 0 Å². The quantitative estimate of drug-likeness (QED) is 0.111. The zero-order valence-electron chi connectivity index (χ0n) is 33.3. The predicted octanol–water partition coefficient (Wildman–Crippen LogP) is 8.09. The van der Waals surface area contributed by atoms with E-state index in [2.05, 4.69) is 194 Å². The number of benzene rings is 8. The molecule has 0 heterocycles. The molecule has 0 bridgehead atoms. The maximum atomic E-state index is 6.60. The van der Waals surface area contributed by atoms with Gasteiger partial charge >= 0.3 is 345 Å². The second-order valence-electron chi connectivity index (χ2n) is 14.2. The predicted molar refractivity (Wildman–Crippen MR) is 250 cm³/mol. The fraction of sp³-hybridized carbons (Fsp3) is 0.0769. The van der Waals surface area contributed by atoms with Crippen LogP contribution in [0.2, 0.25) is 0 Å². The molecule has 0 N–H and O–H groups in total. The van der Waals surface area contributed by atoms with Crippen LogP contribution in [0.4, 0.5) is 0 Å². The van der Waals surface area contributed by atoms with Crippen molar-refractivity contribution in [3.63, 3.8) is 0 Å². The topological polar surface area (TPSA) is 36.9 Å². The summed E-state index contributed by atoms with van der Waals surface area (Å²) < 4.78 is 25.6. The van der Waals surface area contributed by atoms with Crippen molar-refractivity contribution in [2.45, 2.75) is 0 Å². The third kappa shape index (κ3) is 6.63. The SMILES string of the molecule is COc1cc(OC)c(-c2c(OC)cc(OC)cc2[PH](c2ccccc2)(c2ccccc2)c2ccccc2)c([PH](c2ccccc2)(c2ccccc2)c2ccccc2)c1. The van der Waals surface area contributed by atoms with E-state index in [0.29, 0.717) is 23.0 Å². The van der Waals surface area contributed by atoms with Crippen LogP contribution in [0.15, 0.2) is 206 Å². The van der Waals surface area contributed by atoms with Gasteiger partial charge in [0.15, 0.2) is 0 Å². The van der Waals surface area contributed by atoms with Crippen LogP contribution in [0.25, 0.3) is 11.1 Å². The molecule has 0 aliphatic rings. The van der Waals surface area contributed by atoms with E-state index in [9.17, 15) is 0 Å². The zero-order chi connectivity index (χ0) is 40.0. The monoisotopic (exact) mass is 798 g/mol. The molecule has 8 aromatic carbocycles. The molecule has 0 aliphatic carbocycles. The molecule has 0 spiro atoms.